The molecule has 1 aromatic heterocycles. The van der Waals surface area contributed by atoms with Crippen LogP contribution in [0.4, 0.5) is 5.13 Å². The molecule has 0 spiro atoms. The number of aliphatic hydroxyl groups excluding tert-OH is 1. The summed E-state index contributed by atoms with van der Waals surface area (Å²) in [5.74, 6) is -0.248. The van der Waals surface area contributed by atoms with Gasteiger partial charge in [0, 0.05) is 30.7 Å². The van der Waals surface area contributed by atoms with Gasteiger partial charge in [-0.2, -0.15) is 0 Å². The molecule has 0 aliphatic heterocycles. The van der Waals surface area contributed by atoms with Crippen molar-refractivity contribution in [3.63, 3.8) is 0 Å². The molecule has 152 valence electrons. The Morgan fingerprint density at radius 2 is 1.86 bits per heavy atom. The largest absolute Gasteiger partial charge is 0.388 e. The minimum atomic E-state index is -3.76. The Labute approximate surface area is 173 Å². The summed E-state index contributed by atoms with van der Waals surface area (Å²) in [6.07, 6.45) is 1.25. The first-order chi connectivity index (χ1) is 13.9. The molecule has 3 aromatic rings. The molecule has 1 heterocycles. The maximum atomic E-state index is 12.6. The molecule has 2 N–H and O–H groups in total. The number of hydrogen-bond donors (Lipinski definition) is 2. The Morgan fingerprint density at radius 1 is 1.17 bits per heavy atom. The first kappa shape index (κ1) is 21.0. The monoisotopic (exact) mass is 431 g/mol. The van der Waals surface area contributed by atoms with Gasteiger partial charge in [0.15, 0.2) is 5.13 Å². The average Bonchev–Trinajstić information content (AvgIpc) is 3.24. The van der Waals surface area contributed by atoms with Crippen molar-refractivity contribution in [2.45, 2.75) is 17.4 Å². The third-order valence-electron chi connectivity index (χ3n) is 4.33. The molecule has 0 aliphatic rings. The lowest BCUT2D eigenvalue weighted by molar-refractivity contribution is 0.0761. The van der Waals surface area contributed by atoms with Crippen LogP contribution in [0.5, 0.6) is 0 Å². The number of nitrogens with one attached hydrogen (secondary N) is 1. The van der Waals surface area contributed by atoms with Gasteiger partial charge in [0.2, 0.25) is 0 Å². The maximum absolute atomic E-state index is 12.6. The van der Waals surface area contributed by atoms with Crippen LogP contribution in [0.2, 0.25) is 0 Å². The predicted molar refractivity (Wildman–Crippen MR) is 112 cm³/mol. The fourth-order valence-electron chi connectivity index (χ4n) is 2.70. The molecule has 1 unspecified atom stereocenters. The van der Waals surface area contributed by atoms with E-state index in [9.17, 15) is 18.3 Å². The molecular formula is C20H21N3O4S2. The summed E-state index contributed by atoms with van der Waals surface area (Å²) in [7, 11) is -2.11. The molecule has 29 heavy (non-hydrogen) atoms. The molecular weight excluding hydrogens is 410 g/mol. The standard InChI is InChI=1S/C20H21N3O4S2/c1-23(13-11-18(24)15-5-3-2-4-6-15)19(25)16-7-9-17(10-8-16)29(26,27)22-20-21-12-14-28-20/h2-10,12,14,18,24H,11,13H2,1H3,(H,21,22). The van der Waals surface area contributed by atoms with Gasteiger partial charge >= 0.3 is 0 Å². The second kappa shape index (κ2) is 9.17. The summed E-state index contributed by atoms with van der Waals surface area (Å²) < 4.78 is 27.1. The summed E-state index contributed by atoms with van der Waals surface area (Å²) in [6, 6.07) is 15.0. The van der Waals surface area contributed by atoms with Crippen LogP contribution in [-0.2, 0) is 10.0 Å². The number of hydrogen-bond acceptors (Lipinski definition) is 6. The number of aromatic nitrogens is 1. The summed E-state index contributed by atoms with van der Waals surface area (Å²) in [5, 5.41) is 12.2. The van der Waals surface area contributed by atoms with E-state index in [2.05, 4.69) is 9.71 Å². The van der Waals surface area contributed by atoms with Crippen LogP contribution in [0.3, 0.4) is 0 Å². The van der Waals surface area contributed by atoms with Gasteiger partial charge < -0.3 is 10.0 Å². The van der Waals surface area contributed by atoms with E-state index in [-0.39, 0.29) is 15.9 Å². The second-order valence-electron chi connectivity index (χ2n) is 6.41. The topological polar surface area (TPSA) is 99.6 Å². The third kappa shape index (κ3) is 5.41. The quantitative estimate of drug-likeness (QED) is 0.571. The lowest BCUT2D eigenvalue weighted by Crippen LogP contribution is -2.28. The zero-order valence-electron chi connectivity index (χ0n) is 15.7. The molecule has 0 bridgehead atoms. The van der Waals surface area contributed by atoms with Crippen LogP contribution in [0.1, 0.15) is 28.4 Å². The molecule has 1 amide bonds. The second-order valence-corrected chi connectivity index (χ2v) is 8.99. The molecule has 0 aliphatic carbocycles. The molecule has 3 rings (SSSR count). The van der Waals surface area contributed by atoms with Gasteiger partial charge in [0.05, 0.1) is 11.0 Å². The number of amides is 1. The van der Waals surface area contributed by atoms with Gasteiger partial charge in [-0.15, -0.1) is 11.3 Å². The fourth-order valence-corrected chi connectivity index (χ4v) is 4.49. The minimum Gasteiger partial charge on any atom is -0.388 e. The Morgan fingerprint density at radius 3 is 2.48 bits per heavy atom. The van der Waals surface area contributed by atoms with Crippen LogP contribution >= 0.6 is 11.3 Å². The van der Waals surface area contributed by atoms with Crippen molar-refractivity contribution < 1.29 is 18.3 Å². The lowest BCUT2D eigenvalue weighted by Gasteiger charge is -2.19. The van der Waals surface area contributed by atoms with E-state index in [4.69, 9.17) is 0 Å². The highest BCUT2D eigenvalue weighted by atomic mass is 32.2. The maximum Gasteiger partial charge on any atom is 0.263 e. The van der Waals surface area contributed by atoms with E-state index < -0.39 is 16.1 Å². The zero-order chi connectivity index (χ0) is 20.9. The first-order valence-corrected chi connectivity index (χ1v) is 11.2. The average molecular weight is 432 g/mol. The summed E-state index contributed by atoms with van der Waals surface area (Å²) >= 11 is 1.18. The van der Waals surface area contributed by atoms with Gasteiger partial charge in [-0.05, 0) is 36.2 Å². The normalized spacial score (nSPS) is 12.3. The number of carbonyl (C=O) groups is 1. The van der Waals surface area contributed by atoms with E-state index in [0.717, 1.165) is 5.56 Å². The number of carbonyl (C=O) groups excluding carboxylic acids is 1. The van der Waals surface area contributed by atoms with Crippen molar-refractivity contribution in [1.82, 2.24) is 9.88 Å². The van der Waals surface area contributed by atoms with Gasteiger partial charge in [-0.25, -0.2) is 13.4 Å². The van der Waals surface area contributed by atoms with E-state index >= 15 is 0 Å². The van der Waals surface area contributed by atoms with E-state index in [1.54, 1.807) is 12.4 Å². The van der Waals surface area contributed by atoms with E-state index in [0.29, 0.717) is 18.5 Å². The van der Waals surface area contributed by atoms with Gasteiger partial charge in [0.1, 0.15) is 0 Å². The Balaban J connectivity index is 1.60. The highest BCUT2D eigenvalue weighted by molar-refractivity contribution is 7.93. The molecule has 1 atom stereocenters. The Hall–Kier alpha value is -2.75. The van der Waals surface area contributed by atoms with Crippen molar-refractivity contribution in [2.75, 3.05) is 18.3 Å². The summed E-state index contributed by atoms with van der Waals surface area (Å²) in [4.78, 5) is 18.0. The molecule has 9 heteroatoms. The first-order valence-electron chi connectivity index (χ1n) is 8.87. The van der Waals surface area contributed by atoms with Crippen LogP contribution in [0.15, 0.2) is 71.1 Å². The van der Waals surface area contributed by atoms with Gasteiger partial charge in [0.25, 0.3) is 15.9 Å². The number of sulfonamides is 1. The van der Waals surface area contributed by atoms with Crippen LogP contribution in [0, 0.1) is 0 Å². The van der Waals surface area contributed by atoms with Gasteiger partial charge in [-0.3, -0.25) is 9.52 Å². The van der Waals surface area contributed by atoms with E-state index in [1.165, 1.54) is 46.7 Å². The summed E-state index contributed by atoms with van der Waals surface area (Å²) in [5.41, 5.74) is 1.17. The highest BCUT2D eigenvalue weighted by Gasteiger charge is 2.18. The molecule has 0 fully saturated rings. The fraction of sp³-hybridized carbons (Fsp3) is 0.200. The third-order valence-corrected chi connectivity index (χ3v) is 6.51. The highest BCUT2D eigenvalue weighted by Crippen LogP contribution is 2.19. The molecule has 0 saturated heterocycles. The van der Waals surface area contributed by atoms with Gasteiger partial charge in [-0.1, -0.05) is 30.3 Å². The van der Waals surface area contributed by atoms with Crippen molar-refractivity contribution in [3.8, 4) is 0 Å². The van der Waals surface area contributed by atoms with Crippen LogP contribution in [-0.4, -0.2) is 42.9 Å². The number of nitrogens with zero attached hydrogens (tertiary/aromatic N) is 2. The molecule has 0 radical (unpaired) electrons. The number of anilines is 1. The van der Waals surface area contributed by atoms with Crippen LogP contribution < -0.4 is 4.72 Å². The Kier molecular flexibility index (Phi) is 6.63. The predicted octanol–water partition coefficient (Wildman–Crippen LogP) is 3.14. The van der Waals surface area contributed by atoms with Crippen molar-refractivity contribution >= 4 is 32.4 Å². The SMILES string of the molecule is CN(CCC(O)c1ccccc1)C(=O)c1ccc(S(=O)(=O)Nc2nccs2)cc1. The van der Waals surface area contributed by atoms with E-state index in [1.807, 2.05) is 30.3 Å². The van der Waals surface area contributed by atoms with Crippen molar-refractivity contribution in [1.29, 1.82) is 0 Å². The molecule has 0 saturated carbocycles. The summed E-state index contributed by atoms with van der Waals surface area (Å²) in [6.45, 7) is 0.362. The smallest absolute Gasteiger partial charge is 0.263 e. The number of thiazole rings is 1. The van der Waals surface area contributed by atoms with Crippen LogP contribution in [0.25, 0.3) is 0 Å². The molecule has 2 aromatic carbocycles. The van der Waals surface area contributed by atoms with Crippen molar-refractivity contribution in [2.24, 2.45) is 0 Å². The lowest BCUT2D eigenvalue weighted by atomic mass is 10.1. The van der Waals surface area contributed by atoms with Crippen molar-refractivity contribution in [3.05, 3.63) is 77.3 Å². The Bertz CT molecular complexity index is 1040. The molecule has 7 nitrogen and oxygen atoms in total. The number of aliphatic hydroxyl groups is 1. The zero-order valence-corrected chi connectivity index (χ0v) is 17.4. The minimum absolute atomic E-state index is 0.0476. The number of rotatable bonds is 8. The number of benzene rings is 2.